The predicted octanol–water partition coefficient (Wildman–Crippen LogP) is 6.32. The molecule has 172 valence electrons. The van der Waals surface area contributed by atoms with Gasteiger partial charge in [-0.1, -0.05) is 87.4 Å². The first-order valence-corrected chi connectivity index (χ1v) is 13.4. The van der Waals surface area contributed by atoms with Crippen LogP contribution in [-0.2, 0) is 21.8 Å². The molecule has 3 aliphatic rings. The largest absolute Gasteiger partial charge is 0.478 e. The molecule has 0 aromatic heterocycles. The van der Waals surface area contributed by atoms with Crippen molar-refractivity contribution in [3.8, 4) is 0 Å². The zero-order valence-electron chi connectivity index (χ0n) is 19.3. The maximum Gasteiger partial charge on any atom is 0.187 e. The van der Waals surface area contributed by atoms with Gasteiger partial charge in [0.15, 0.2) is 5.90 Å². The Bertz CT molecular complexity index is 775. The molecule has 0 amide bonds. The van der Waals surface area contributed by atoms with Gasteiger partial charge in [0.05, 0.1) is 6.04 Å². The minimum atomic E-state index is -0.398. The molecule has 0 N–H and O–H groups in total. The van der Waals surface area contributed by atoms with E-state index in [0.717, 1.165) is 12.5 Å². The number of hydrogen-bond donors (Lipinski definition) is 0. The van der Waals surface area contributed by atoms with E-state index in [1.807, 2.05) is 0 Å². The topological polar surface area (TPSA) is 21.6 Å². The van der Waals surface area contributed by atoms with Gasteiger partial charge in [-0.25, -0.2) is 4.99 Å². The van der Waals surface area contributed by atoms with Crippen molar-refractivity contribution in [2.45, 2.75) is 64.1 Å². The fraction of sp³-hybridized carbons (Fsp3) is 0.464. The van der Waals surface area contributed by atoms with Gasteiger partial charge in [0.2, 0.25) is 0 Å². The average molecular weight is 489 g/mol. The molecule has 0 saturated heterocycles. The first-order chi connectivity index (χ1) is 15.2. The first kappa shape index (κ1) is 25.5. The third-order valence-electron chi connectivity index (χ3n) is 6.57. The van der Waals surface area contributed by atoms with E-state index in [9.17, 15) is 0 Å². The van der Waals surface area contributed by atoms with Crippen molar-refractivity contribution in [2.24, 2.45) is 16.8 Å². The summed E-state index contributed by atoms with van der Waals surface area (Å²) in [5, 5.41) is 2.95. The van der Waals surface area contributed by atoms with Gasteiger partial charge >= 0.3 is 0 Å². The second kappa shape index (κ2) is 12.9. The van der Waals surface area contributed by atoms with Crippen LogP contribution in [0.25, 0.3) is 0 Å². The molecule has 2 radical (unpaired) electrons. The van der Waals surface area contributed by atoms with E-state index in [-0.39, 0.29) is 17.1 Å². The van der Waals surface area contributed by atoms with Crippen LogP contribution in [-0.4, -0.2) is 24.2 Å². The summed E-state index contributed by atoms with van der Waals surface area (Å²) in [4.78, 5) is 4.99. The molecule has 3 atom stereocenters. The molecule has 2 fully saturated rings. The number of rotatable bonds is 5. The van der Waals surface area contributed by atoms with Crippen molar-refractivity contribution in [3.05, 3.63) is 73.5 Å². The Labute approximate surface area is 206 Å². The van der Waals surface area contributed by atoms with E-state index < -0.39 is 7.92 Å². The van der Waals surface area contributed by atoms with Crippen LogP contribution in [0.2, 0.25) is 0 Å². The van der Waals surface area contributed by atoms with Crippen LogP contribution in [0, 0.1) is 24.7 Å². The third-order valence-corrected chi connectivity index (χ3v) is 9.56. The Morgan fingerprint density at radius 2 is 1.44 bits per heavy atom. The van der Waals surface area contributed by atoms with Gasteiger partial charge in [-0.3, -0.25) is 0 Å². The fourth-order valence-electron chi connectivity index (χ4n) is 4.79. The van der Waals surface area contributed by atoms with Crippen molar-refractivity contribution < 1.29 is 21.8 Å². The van der Waals surface area contributed by atoms with E-state index in [4.69, 9.17) is 9.73 Å². The summed E-state index contributed by atoms with van der Waals surface area (Å²) < 4.78 is 6.12. The minimum absolute atomic E-state index is 0. The monoisotopic (exact) mass is 489 g/mol. The molecule has 2 saturated carbocycles. The van der Waals surface area contributed by atoms with E-state index in [2.05, 4.69) is 87.4 Å². The van der Waals surface area contributed by atoms with Gasteiger partial charge in [-0.2, -0.15) is 0 Å². The van der Waals surface area contributed by atoms with Crippen LogP contribution >= 0.6 is 7.92 Å². The number of hydrogen-bond acceptors (Lipinski definition) is 2. The van der Waals surface area contributed by atoms with E-state index >= 15 is 0 Å². The van der Waals surface area contributed by atoms with Gasteiger partial charge in [0.1, 0.15) is 6.61 Å². The summed E-state index contributed by atoms with van der Waals surface area (Å²) in [5.74, 6) is 2.08. The predicted molar refractivity (Wildman–Crippen MR) is 135 cm³/mol. The molecule has 5 rings (SSSR count). The summed E-state index contributed by atoms with van der Waals surface area (Å²) in [7, 11) is -0.398. The van der Waals surface area contributed by atoms with Gasteiger partial charge in [0.25, 0.3) is 0 Å². The fourth-order valence-corrected chi connectivity index (χ4v) is 7.92. The molecule has 1 aliphatic heterocycles. The molecular weight excluding hydrogens is 453 g/mol. The van der Waals surface area contributed by atoms with E-state index in [1.54, 1.807) is 0 Å². The third kappa shape index (κ3) is 6.47. The van der Waals surface area contributed by atoms with Crippen LogP contribution in [0.5, 0.6) is 0 Å². The van der Waals surface area contributed by atoms with Crippen LogP contribution in [0.15, 0.2) is 65.7 Å². The summed E-state index contributed by atoms with van der Waals surface area (Å²) >= 11 is 0. The molecule has 2 nitrogen and oxygen atoms in total. The average Bonchev–Trinajstić information content (AvgIpc) is 3.58. The number of aliphatic imine (C=N–C) groups is 1. The molecule has 2 aromatic rings. The van der Waals surface area contributed by atoms with Gasteiger partial charge in [-0.15, -0.1) is 0 Å². The van der Waals surface area contributed by atoms with Crippen LogP contribution in [0.1, 0.15) is 52.4 Å². The van der Waals surface area contributed by atoms with E-state index in [0.29, 0.717) is 23.5 Å². The Morgan fingerprint density at radius 3 is 1.91 bits per heavy atom. The second-order valence-electron chi connectivity index (χ2n) is 9.14. The van der Waals surface area contributed by atoms with Gasteiger partial charge < -0.3 is 4.74 Å². The smallest absolute Gasteiger partial charge is 0.187 e. The first-order valence-electron chi connectivity index (χ1n) is 12.0. The van der Waals surface area contributed by atoms with Crippen LogP contribution < -0.4 is 10.6 Å². The summed E-state index contributed by atoms with van der Waals surface area (Å²) in [5.41, 5.74) is 0.625. The van der Waals surface area contributed by atoms with Crippen molar-refractivity contribution in [3.63, 3.8) is 0 Å². The molecule has 32 heavy (non-hydrogen) atoms. The Hall–Kier alpha value is -1.14. The molecule has 2 aromatic carbocycles. The molecule has 2 aliphatic carbocycles. The molecule has 4 heteroatoms. The van der Waals surface area contributed by atoms with Gasteiger partial charge in [-0.05, 0) is 68.6 Å². The Balaban J connectivity index is 0.000000427. The van der Waals surface area contributed by atoms with Crippen molar-refractivity contribution >= 4 is 24.4 Å². The Kier molecular flexibility index (Phi) is 10.3. The van der Waals surface area contributed by atoms with Crippen LogP contribution in [0.3, 0.4) is 0 Å². The maximum absolute atomic E-state index is 6.12. The number of ether oxygens (including phenoxy) is 1. The summed E-state index contributed by atoms with van der Waals surface area (Å²) in [6.45, 7) is 5.26. The standard InChI is InChI=1S/C23H28NOP.C5H8.Fe/c1-17(2)21-16-25-23(24-21)20-14-9-15-22(20)26(18-10-5-3-6-11-18)19-12-7-4-8-13-19;1-2-4-5-3-1;/h3-8,10-13,17,20-22H,9,14-16H2,1-2H3;1-2H,3-5H2;/t20?,21-,22?;;/m0../s1. The summed E-state index contributed by atoms with van der Waals surface area (Å²) in [6, 6.07) is 22.5. The molecule has 2 unspecified atom stereocenters. The maximum atomic E-state index is 6.12. The molecule has 0 bridgehead atoms. The normalized spacial score (nSPS) is 24.5. The molecule has 0 spiro atoms. The minimum Gasteiger partial charge on any atom is -0.478 e. The van der Waals surface area contributed by atoms with Crippen molar-refractivity contribution in [1.29, 1.82) is 0 Å². The Morgan fingerprint density at radius 1 is 0.844 bits per heavy atom. The van der Waals surface area contributed by atoms with Crippen molar-refractivity contribution in [1.82, 2.24) is 0 Å². The van der Waals surface area contributed by atoms with Crippen molar-refractivity contribution in [2.75, 3.05) is 6.61 Å². The molecule has 1 heterocycles. The summed E-state index contributed by atoms with van der Waals surface area (Å²) in [6.07, 6.45) is 12.3. The number of nitrogens with zero attached hydrogens (tertiary/aromatic N) is 1. The van der Waals surface area contributed by atoms with Crippen LogP contribution in [0.4, 0.5) is 0 Å². The zero-order valence-corrected chi connectivity index (χ0v) is 21.3. The SMILES string of the molecule is CC(C)[C@@H]1COC(C2CCCC2P(c2ccccc2)c2ccccc2)=N1.[CH]1[CH]CCC1.[Fe]. The van der Waals surface area contributed by atoms with E-state index in [1.165, 1.54) is 49.1 Å². The second-order valence-corrected chi connectivity index (χ2v) is 11.6. The quantitative estimate of drug-likeness (QED) is 0.356. The zero-order chi connectivity index (χ0) is 21.5. The van der Waals surface area contributed by atoms with Gasteiger partial charge in [0, 0.05) is 23.0 Å². The molecular formula is C28H36FeNOP. The number of benzene rings is 2.